The van der Waals surface area contributed by atoms with E-state index in [0.29, 0.717) is 24.2 Å². The smallest absolute Gasteiger partial charge is 0.380 e. The van der Waals surface area contributed by atoms with Crippen molar-refractivity contribution in [1.29, 1.82) is 0 Å². The van der Waals surface area contributed by atoms with Gasteiger partial charge in [-0.05, 0) is 41.5 Å². The summed E-state index contributed by atoms with van der Waals surface area (Å²) in [5.41, 5.74) is 3.82. The van der Waals surface area contributed by atoms with Gasteiger partial charge in [-0.15, -0.1) is 0 Å². The number of likely N-dealkylation sites (N-methyl/N-ethyl adjacent to an activating group) is 1. The van der Waals surface area contributed by atoms with Crippen LogP contribution in [0, 0.1) is 0 Å². The van der Waals surface area contributed by atoms with E-state index in [1.54, 1.807) is 0 Å². The summed E-state index contributed by atoms with van der Waals surface area (Å²) >= 11 is 0. The summed E-state index contributed by atoms with van der Waals surface area (Å²) in [6, 6.07) is 41.4. The molecule has 4 aromatic rings. The van der Waals surface area contributed by atoms with Crippen LogP contribution < -0.4 is 5.32 Å². The van der Waals surface area contributed by atoms with Crippen molar-refractivity contribution in [2.24, 2.45) is 0 Å². The summed E-state index contributed by atoms with van der Waals surface area (Å²) in [6.07, 6.45) is 19.3. The maximum Gasteiger partial charge on any atom is 0.472 e. The molecule has 0 aliphatic rings. The summed E-state index contributed by atoms with van der Waals surface area (Å²) in [6.45, 7) is 1.55. The fraction of sp³-hybridized carbons (Fsp3) is 0.510. The van der Waals surface area contributed by atoms with E-state index >= 15 is 0 Å². The largest absolute Gasteiger partial charge is 0.472 e. The molecular weight excluding hydrogens is 728 g/mol. The summed E-state index contributed by atoms with van der Waals surface area (Å²) in [5.74, 6) is 0. The molecule has 57 heavy (non-hydrogen) atoms. The van der Waals surface area contributed by atoms with Crippen LogP contribution in [-0.2, 0) is 30.3 Å². The number of ether oxygens (including phenoxy) is 1. The average molecular weight is 800 g/mol. The Balaban J connectivity index is 1.22. The fourth-order valence-electron chi connectivity index (χ4n) is 7.43. The molecule has 0 aliphatic heterocycles. The van der Waals surface area contributed by atoms with Crippen molar-refractivity contribution in [2.75, 3.05) is 54.1 Å². The maximum atomic E-state index is 13.1. The van der Waals surface area contributed by atoms with E-state index in [1.165, 1.54) is 89.0 Å². The van der Waals surface area contributed by atoms with Crippen LogP contribution in [-0.4, -0.2) is 69.5 Å². The first-order valence-electron chi connectivity index (χ1n) is 21.7. The highest BCUT2D eigenvalue weighted by Crippen LogP contribution is 2.44. The molecule has 0 fully saturated rings. The quantitative estimate of drug-likeness (QED) is 0.0228. The second-order valence-corrected chi connectivity index (χ2v) is 18.0. The molecular formula is C49H72N2O5P+. The van der Waals surface area contributed by atoms with Crippen LogP contribution in [0.3, 0.4) is 0 Å². The molecule has 0 radical (unpaired) electrons. The lowest BCUT2D eigenvalue weighted by atomic mass is 9.76. The van der Waals surface area contributed by atoms with Gasteiger partial charge in [0, 0.05) is 6.61 Å². The second-order valence-electron chi connectivity index (χ2n) is 16.6. The van der Waals surface area contributed by atoms with Crippen LogP contribution in [0.25, 0.3) is 0 Å². The molecule has 312 valence electrons. The molecule has 8 heteroatoms. The first-order valence-corrected chi connectivity index (χ1v) is 23.2. The van der Waals surface area contributed by atoms with Gasteiger partial charge in [0.15, 0.2) is 0 Å². The van der Waals surface area contributed by atoms with Crippen molar-refractivity contribution >= 4 is 7.82 Å². The highest BCUT2D eigenvalue weighted by molar-refractivity contribution is 7.47. The SMILES string of the molecule is C[N+](C)(C)CCOP(=O)(O)OC[C@@H](COCCCCCCCCCCCCCCCCc1ccccc1)NC(c1ccccc1)(c1ccccc1)c1ccccc1. The van der Waals surface area contributed by atoms with Crippen LogP contribution in [0.4, 0.5) is 0 Å². The number of phosphoric acid groups is 1. The zero-order valence-corrected chi connectivity index (χ0v) is 36.1. The van der Waals surface area contributed by atoms with Crippen molar-refractivity contribution in [2.45, 2.75) is 108 Å². The van der Waals surface area contributed by atoms with E-state index in [1.807, 2.05) is 75.7 Å². The molecule has 0 spiro atoms. The Morgan fingerprint density at radius 2 is 0.947 bits per heavy atom. The maximum absolute atomic E-state index is 13.1. The fourth-order valence-corrected chi connectivity index (χ4v) is 8.18. The normalized spacial score (nSPS) is 13.7. The molecule has 2 atom stereocenters. The van der Waals surface area contributed by atoms with Crippen LogP contribution in [0.15, 0.2) is 121 Å². The second kappa shape index (κ2) is 26.1. The molecule has 0 aromatic heterocycles. The summed E-state index contributed by atoms with van der Waals surface area (Å²) in [7, 11) is 1.73. The van der Waals surface area contributed by atoms with Gasteiger partial charge in [0.25, 0.3) is 0 Å². The third-order valence-corrected chi connectivity index (χ3v) is 11.6. The van der Waals surface area contributed by atoms with Gasteiger partial charge in [0.2, 0.25) is 0 Å². The monoisotopic (exact) mass is 800 g/mol. The standard InChI is InChI=1S/C49H71N2O5P/c1-51(2,3)39-41-55-57(52,53)56-43-48(50-49(45-33-23-17-24-34-45,46-35-25-18-26-36-46)47-37-27-19-28-38-47)42-54-40-29-15-13-11-9-7-5-4-6-8-10-12-14-20-30-44-31-21-16-22-32-44/h16-19,21-28,31-38,48,50H,4-15,20,29-30,39-43H2,1-3H3/p+1/t48-/m1/s1. The Hall–Kier alpha value is -3.13. The number of nitrogens with zero attached hydrogens (tertiary/aromatic N) is 1. The number of unbranched alkanes of at least 4 members (excludes halogenated alkanes) is 13. The third kappa shape index (κ3) is 18.1. The number of quaternary nitrogens is 1. The molecule has 0 amide bonds. The Labute approximate surface area is 345 Å². The van der Waals surface area contributed by atoms with E-state index in [2.05, 4.69) is 72.0 Å². The summed E-state index contributed by atoms with van der Waals surface area (Å²) in [4.78, 5) is 10.7. The Bertz CT molecular complexity index is 1540. The van der Waals surface area contributed by atoms with E-state index in [4.69, 9.17) is 13.8 Å². The first-order chi connectivity index (χ1) is 27.7. The van der Waals surface area contributed by atoms with Gasteiger partial charge in [-0.25, -0.2) is 4.57 Å². The van der Waals surface area contributed by atoms with Gasteiger partial charge in [0.05, 0.1) is 45.9 Å². The number of rotatable bonds is 31. The van der Waals surface area contributed by atoms with E-state index < -0.39 is 19.4 Å². The number of hydrogen-bond donors (Lipinski definition) is 2. The Morgan fingerprint density at radius 1 is 0.544 bits per heavy atom. The van der Waals surface area contributed by atoms with Crippen molar-refractivity contribution < 1.29 is 27.7 Å². The van der Waals surface area contributed by atoms with Gasteiger partial charge in [-0.1, -0.05) is 198 Å². The predicted octanol–water partition coefficient (Wildman–Crippen LogP) is 11.5. The molecule has 0 heterocycles. The van der Waals surface area contributed by atoms with Crippen molar-refractivity contribution in [3.05, 3.63) is 144 Å². The highest BCUT2D eigenvalue weighted by atomic mass is 31.2. The van der Waals surface area contributed by atoms with Gasteiger partial charge in [0.1, 0.15) is 13.2 Å². The molecule has 4 aromatic carbocycles. The summed E-state index contributed by atoms with van der Waals surface area (Å²) in [5, 5.41) is 3.89. The predicted molar refractivity (Wildman–Crippen MR) is 236 cm³/mol. The lowest BCUT2D eigenvalue weighted by molar-refractivity contribution is -0.870. The van der Waals surface area contributed by atoms with Gasteiger partial charge in [-0.3, -0.25) is 14.4 Å². The minimum absolute atomic E-state index is 0.0683. The van der Waals surface area contributed by atoms with Crippen LogP contribution in [0.2, 0.25) is 0 Å². The summed E-state index contributed by atoms with van der Waals surface area (Å²) < 4.78 is 31.1. The van der Waals surface area contributed by atoms with E-state index in [9.17, 15) is 9.46 Å². The number of phosphoric ester groups is 1. The lowest BCUT2D eigenvalue weighted by Crippen LogP contribution is -2.53. The van der Waals surface area contributed by atoms with E-state index in [-0.39, 0.29) is 13.2 Å². The average Bonchev–Trinajstić information content (AvgIpc) is 3.22. The molecule has 4 rings (SSSR count). The van der Waals surface area contributed by atoms with Gasteiger partial charge < -0.3 is 14.1 Å². The molecule has 2 N–H and O–H groups in total. The van der Waals surface area contributed by atoms with Crippen molar-refractivity contribution in [3.8, 4) is 0 Å². The third-order valence-electron chi connectivity index (χ3n) is 10.7. The molecule has 0 aliphatic carbocycles. The first kappa shape index (κ1) is 46.6. The van der Waals surface area contributed by atoms with Crippen LogP contribution >= 0.6 is 7.82 Å². The topological polar surface area (TPSA) is 77.0 Å². The molecule has 0 bridgehead atoms. The van der Waals surface area contributed by atoms with Crippen molar-refractivity contribution in [1.82, 2.24) is 5.32 Å². The van der Waals surface area contributed by atoms with Crippen LogP contribution in [0.5, 0.6) is 0 Å². The molecule has 1 unspecified atom stereocenters. The number of aryl methyl sites for hydroxylation is 1. The van der Waals surface area contributed by atoms with Gasteiger partial charge in [-0.2, -0.15) is 0 Å². The zero-order chi connectivity index (χ0) is 40.5. The highest BCUT2D eigenvalue weighted by Gasteiger charge is 2.39. The number of nitrogens with one attached hydrogen (secondary N) is 1. The Morgan fingerprint density at radius 3 is 1.39 bits per heavy atom. The number of hydrogen-bond acceptors (Lipinski definition) is 5. The van der Waals surface area contributed by atoms with Crippen molar-refractivity contribution in [3.63, 3.8) is 0 Å². The molecule has 0 saturated carbocycles. The Kier molecular flexibility index (Phi) is 21.3. The minimum Gasteiger partial charge on any atom is -0.380 e. The minimum atomic E-state index is -4.31. The van der Waals surface area contributed by atoms with Gasteiger partial charge >= 0.3 is 7.82 Å². The molecule has 7 nitrogen and oxygen atoms in total. The molecule has 0 saturated heterocycles. The van der Waals surface area contributed by atoms with Crippen LogP contribution in [0.1, 0.15) is 112 Å². The number of benzene rings is 4. The lowest BCUT2D eigenvalue weighted by Gasteiger charge is -2.40. The van der Waals surface area contributed by atoms with E-state index in [0.717, 1.165) is 29.5 Å². The zero-order valence-electron chi connectivity index (χ0n) is 35.2.